The molecule has 0 amide bonds. The van der Waals surface area contributed by atoms with Crippen molar-refractivity contribution in [1.82, 2.24) is 0 Å². The van der Waals surface area contributed by atoms with Crippen molar-refractivity contribution in [3.63, 3.8) is 0 Å². The quantitative estimate of drug-likeness (QED) is 0.615. The molecular formula is C22H26O. The second-order valence-electron chi connectivity index (χ2n) is 7.75. The van der Waals surface area contributed by atoms with Gasteiger partial charge in [0.1, 0.15) is 11.5 Å². The van der Waals surface area contributed by atoms with E-state index in [1.165, 1.54) is 23.3 Å². The molecular weight excluding hydrogens is 280 g/mol. The van der Waals surface area contributed by atoms with Crippen LogP contribution in [0.1, 0.15) is 61.7 Å². The van der Waals surface area contributed by atoms with Crippen molar-refractivity contribution in [2.24, 2.45) is 17.8 Å². The number of benzene rings is 1. The van der Waals surface area contributed by atoms with Crippen LogP contribution in [-0.4, -0.2) is 0 Å². The van der Waals surface area contributed by atoms with Crippen LogP contribution in [0.2, 0.25) is 0 Å². The van der Waals surface area contributed by atoms with Gasteiger partial charge < -0.3 is 4.42 Å². The highest BCUT2D eigenvalue weighted by Gasteiger charge is 2.44. The van der Waals surface area contributed by atoms with Gasteiger partial charge >= 0.3 is 0 Å². The molecule has 5 rings (SSSR count). The molecule has 3 aliphatic carbocycles. The van der Waals surface area contributed by atoms with Gasteiger partial charge in [0.05, 0.1) is 0 Å². The summed E-state index contributed by atoms with van der Waals surface area (Å²) >= 11 is 0. The van der Waals surface area contributed by atoms with Gasteiger partial charge in [-0.2, -0.15) is 0 Å². The van der Waals surface area contributed by atoms with E-state index in [-0.39, 0.29) is 0 Å². The van der Waals surface area contributed by atoms with E-state index in [4.69, 9.17) is 4.42 Å². The van der Waals surface area contributed by atoms with Gasteiger partial charge in [-0.05, 0) is 49.7 Å². The lowest BCUT2D eigenvalue weighted by Crippen LogP contribution is -2.25. The SMILES string of the molecule is CC1=C[C@H]2c3cc(C)oc3[C@H](c3ccccc3)[C@@H]1C[C@H]2C(C)C. The van der Waals surface area contributed by atoms with Crippen LogP contribution in [0.4, 0.5) is 0 Å². The van der Waals surface area contributed by atoms with Gasteiger partial charge in [0.2, 0.25) is 0 Å². The van der Waals surface area contributed by atoms with Crippen molar-refractivity contribution in [2.75, 3.05) is 0 Å². The number of hydrogen-bond acceptors (Lipinski definition) is 1. The third kappa shape index (κ3) is 2.29. The highest BCUT2D eigenvalue weighted by atomic mass is 16.3. The number of allylic oxidation sites excluding steroid dienone is 2. The fraction of sp³-hybridized carbons (Fsp3) is 0.455. The molecule has 1 heterocycles. The summed E-state index contributed by atoms with van der Waals surface area (Å²) in [4.78, 5) is 0. The molecule has 120 valence electrons. The molecule has 1 aromatic carbocycles. The summed E-state index contributed by atoms with van der Waals surface area (Å²) in [6, 6.07) is 13.2. The maximum atomic E-state index is 6.28. The fourth-order valence-corrected chi connectivity index (χ4v) is 4.84. The van der Waals surface area contributed by atoms with Gasteiger partial charge in [-0.25, -0.2) is 0 Å². The highest BCUT2D eigenvalue weighted by Crippen LogP contribution is 2.55. The van der Waals surface area contributed by atoms with E-state index in [0.29, 0.717) is 29.6 Å². The van der Waals surface area contributed by atoms with Crippen LogP contribution >= 0.6 is 0 Å². The molecule has 1 aromatic heterocycles. The lowest BCUT2D eigenvalue weighted by Gasteiger charge is -2.36. The maximum Gasteiger partial charge on any atom is 0.116 e. The molecule has 0 unspecified atom stereocenters. The minimum Gasteiger partial charge on any atom is -0.465 e. The summed E-state index contributed by atoms with van der Waals surface area (Å²) in [5, 5.41) is 0. The van der Waals surface area contributed by atoms with Crippen molar-refractivity contribution in [2.45, 2.75) is 46.0 Å². The van der Waals surface area contributed by atoms with Crippen molar-refractivity contribution < 1.29 is 4.42 Å². The molecule has 0 N–H and O–H groups in total. The molecule has 1 heteroatoms. The molecule has 0 saturated heterocycles. The first-order valence-corrected chi connectivity index (χ1v) is 8.89. The van der Waals surface area contributed by atoms with E-state index in [1.807, 2.05) is 0 Å². The van der Waals surface area contributed by atoms with Crippen molar-refractivity contribution in [1.29, 1.82) is 0 Å². The summed E-state index contributed by atoms with van der Waals surface area (Å²) in [5.41, 5.74) is 4.38. The molecule has 0 radical (unpaired) electrons. The van der Waals surface area contributed by atoms with Gasteiger partial charge in [0.25, 0.3) is 0 Å². The Hall–Kier alpha value is -1.76. The molecule has 2 aromatic rings. The minimum absolute atomic E-state index is 0.366. The molecule has 23 heavy (non-hydrogen) atoms. The topological polar surface area (TPSA) is 13.1 Å². The van der Waals surface area contributed by atoms with E-state index in [9.17, 15) is 0 Å². The summed E-state index contributed by atoms with van der Waals surface area (Å²) in [6.07, 6.45) is 3.81. The second kappa shape index (κ2) is 5.40. The monoisotopic (exact) mass is 306 g/mol. The molecule has 3 aliphatic rings. The first-order chi connectivity index (χ1) is 11.1. The Labute approximate surface area is 139 Å². The Morgan fingerprint density at radius 3 is 2.52 bits per heavy atom. The zero-order chi connectivity index (χ0) is 16.1. The molecule has 0 spiro atoms. The van der Waals surface area contributed by atoms with Crippen LogP contribution in [0.15, 0.2) is 52.5 Å². The second-order valence-corrected chi connectivity index (χ2v) is 7.75. The Kier molecular flexibility index (Phi) is 3.48. The van der Waals surface area contributed by atoms with Crippen LogP contribution in [-0.2, 0) is 0 Å². The number of aryl methyl sites for hydroxylation is 1. The molecule has 1 nitrogen and oxygen atoms in total. The Balaban J connectivity index is 1.93. The first kappa shape index (κ1) is 14.8. The number of hydrogen-bond donors (Lipinski definition) is 0. The van der Waals surface area contributed by atoms with Crippen LogP contribution in [0.25, 0.3) is 0 Å². The number of rotatable bonds is 2. The summed E-state index contributed by atoms with van der Waals surface area (Å²) in [7, 11) is 0. The van der Waals surface area contributed by atoms with Crippen LogP contribution in [0, 0.1) is 24.7 Å². The van der Waals surface area contributed by atoms with Crippen LogP contribution < -0.4 is 0 Å². The van der Waals surface area contributed by atoms with Gasteiger partial charge in [-0.1, -0.05) is 55.8 Å². The maximum absolute atomic E-state index is 6.28. The van der Waals surface area contributed by atoms with Crippen LogP contribution in [0.3, 0.4) is 0 Å². The average Bonchev–Trinajstić information content (AvgIpc) is 2.81. The first-order valence-electron chi connectivity index (χ1n) is 8.89. The van der Waals surface area contributed by atoms with Crippen molar-refractivity contribution in [3.8, 4) is 0 Å². The molecule has 0 saturated carbocycles. The highest BCUT2D eigenvalue weighted by molar-refractivity contribution is 5.45. The Morgan fingerprint density at radius 2 is 1.83 bits per heavy atom. The van der Waals surface area contributed by atoms with Gasteiger partial charge in [-0.3, -0.25) is 0 Å². The van der Waals surface area contributed by atoms with Gasteiger partial charge in [0, 0.05) is 17.4 Å². The normalized spacial score (nSPS) is 29.3. The smallest absolute Gasteiger partial charge is 0.116 e. The molecule has 0 aliphatic heterocycles. The summed E-state index contributed by atoms with van der Waals surface area (Å²) in [5.74, 6) is 5.14. The number of furan rings is 1. The summed E-state index contributed by atoms with van der Waals surface area (Å²) < 4.78 is 6.28. The molecule has 0 fully saturated rings. The van der Waals surface area contributed by atoms with Gasteiger partial charge in [-0.15, -0.1) is 0 Å². The van der Waals surface area contributed by atoms with E-state index in [0.717, 1.165) is 5.76 Å². The Bertz CT molecular complexity index is 735. The van der Waals surface area contributed by atoms with Gasteiger partial charge in [0.15, 0.2) is 0 Å². The predicted octanol–water partition coefficient (Wildman–Crippen LogP) is 6.06. The average molecular weight is 306 g/mol. The zero-order valence-corrected chi connectivity index (χ0v) is 14.5. The number of fused-ring (bicyclic) bond motifs is 1. The fourth-order valence-electron chi connectivity index (χ4n) is 4.84. The largest absolute Gasteiger partial charge is 0.465 e. The summed E-state index contributed by atoms with van der Waals surface area (Å²) in [6.45, 7) is 9.16. The standard InChI is InChI=1S/C22H26O/c1-13(2)17-12-18-14(3)10-19(17)20-11-15(4)23-22(20)21(18)16-8-6-5-7-9-16/h5-11,13,17-19,21H,12H2,1-4H3/t17-,18+,19+,21+/m0/s1. The van der Waals surface area contributed by atoms with Crippen molar-refractivity contribution in [3.05, 3.63) is 70.7 Å². The minimum atomic E-state index is 0.366. The van der Waals surface area contributed by atoms with Crippen molar-refractivity contribution >= 4 is 0 Å². The Morgan fingerprint density at radius 1 is 1.09 bits per heavy atom. The third-order valence-electron chi connectivity index (χ3n) is 5.99. The molecule has 4 atom stereocenters. The van der Waals surface area contributed by atoms with E-state index < -0.39 is 0 Å². The molecule has 2 bridgehead atoms. The van der Waals surface area contributed by atoms with E-state index in [2.05, 4.69) is 70.2 Å². The van der Waals surface area contributed by atoms with Crippen LogP contribution in [0.5, 0.6) is 0 Å². The van der Waals surface area contributed by atoms with E-state index in [1.54, 1.807) is 5.57 Å². The zero-order valence-electron chi connectivity index (χ0n) is 14.5. The lowest BCUT2D eigenvalue weighted by molar-refractivity contribution is 0.269. The van der Waals surface area contributed by atoms with E-state index >= 15 is 0 Å². The third-order valence-corrected chi connectivity index (χ3v) is 5.99. The lowest BCUT2D eigenvalue weighted by atomic mass is 9.68. The predicted molar refractivity (Wildman–Crippen MR) is 94.7 cm³/mol.